The largest absolute Gasteiger partial charge is 0.497 e. The summed E-state index contributed by atoms with van der Waals surface area (Å²) in [5, 5.41) is 0.840. The summed E-state index contributed by atoms with van der Waals surface area (Å²) >= 11 is 2.03. The highest BCUT2D eigenvalue weighted by Gasteiger charge is 2.14. The van der Waals surface area contributed by atoms with Crippen molar-refractivity contribution in [3.63, 3.8) is 0 Å². The molecule has 2 rings (SSSR count). The average molecular weight is 222 g/mol. The molecule has 1 nitrogen and oxygen atoms in total. The van der Waals surface area contributed by atoms with E-state index < -0.39 is 0 Å². The lowest BCUT2D eigenvalue weighted by atomic mass is 10.0. The van der Waals surface area contributed by atoms with Crippen LogP contribution in [-0.2, 0) is 0 Å². The molecule has 1 saturated carbocycles. The molecule has 1 aromatic rings. The number of ether oxygens (including phenoxy) is 1. The van der Waals surface area contributed by atoms with E-state index in [0.717, 1.165) is 11.0 Å². The molecular weight excluding hydrogens is 204 g/mol. The third kappa shape index (κ3) is 3.16. The molecule has 0 spiro atoms. The minimum absolute atomic E-state index is 0.840. The Morgan fingerprint density at radius 1 is 1.07 bits per heavy atom. The van der Waals surface area contributed by atoms with Gasteiger partial charge in [0.2, 0.25) is 0 Å². The Morgan fingerprint density at radius 3 is 2.33 bits per heavy atom. The summed E-state index contributed by atoms with van der Waals surface area (Å²) < 4.78 is 5.15. The molecule has 0 N–H and O–H groups in total. The topological polar surface area (TPSA) is 9.23 Å². The zero-order valence-corrected chi connectivity index (χ0v) is 10.1. The monoisotopic (exact) mass is 222 g/mol. The van der Waals surface area contributed by atoms with Crippen molar-refractivity contribution in [2.24, 2.45) is 0 Å². The van der Waals surface area contributed by atoms with Crippen molar-refractivity contribution in [3.05, 3.63) is 24.3 Å². The highest BCUT2D eigenvalue weighted by atomic mass is 32.2. The fraction of sp³-hybridized carbons (Fsp3) is 0.538. The molecule has 0 aromatic heterocycles. The first-order valence-corrected chi connectivity index (χ1v) is 6.57. The predicted molar refractivity (Wildman–Crippen MR) is 65.7 cm³/mol. The molecule has 1 aliphatic carbocycles. The van der Waals surface area contributed by atoms with Gasteiger partial charge in [-0.05, 0) is 37.1 Å². The smallest absolute Gasteiger partial charge is 0.118 e. The van der Waals surface area contributed by atoms with Crippen LogP contribution in [0.2, 0.25) is 0 Å². The van der Waals surface area contributed by atoms with Gasteiger partial charge in [-0.15, -0.1) is 11.8 Å². The summed E-state index contributed by atoms with van der Waals surface area (Å²) in [6, 6.07) is 8.42. The van der Waals surface area contributed by atoms with Crippen LogP contribution in [0.4, 0.5) is 0 Å². The molecular formula is C13H18OS. The minimum Gasteiger partial charge on any atom is -0.497 e. The van der Waals surface area contributed by atoms with Gasteiger partial charge in [0.15, 0.2) is 0 Å². The molecule has 1 aliphatic rings. The highest BCUT2D eigenvalue weighted by Crippen LogP contribution is 2.33. The Hall–Kier alpha value is -0.630. The second kappa shape index (κ2) is 5.45. The van der Waals surface area contributed by atoms with Crippen LogP contribution in [0.15, 0.2) is 29.2 Å². The number of benzene rings is 1. The van der Waals surface area contributed by atoms with Gasteiger partial charge < -0.3 is 4.74 Å². The Kier molecular flexibility index (Phi) is 3.95. The van der Waals surface area contributed by atoms with Crippen molar-refractivity contribution in [3.8, 4) is 5.75 Å². The fourth-order valence-corrected chi connectivity index (χ4v) is 3.28. The molecule has 0 heterocycles. The number of methoxy groups -OCH3 is 1. The summed E-state index contributed by atoms with van der Waals surface area (Å²) in [5.41, 5.74) is 0. The van der Waals surface area contributed by atoms with Gasteiger partial charge in [0.25, 0.3) is 0 Å². The zero-order valence-electron chi connectivity index (χ0n) is 9.24. The molecule has 1 aromatic carbocycles. The van der Waals surface area contributed by atoms with Crippen LogP contribution < -0.4 is 4.74 Å². The summed E-state index contributed by atoms with van der Waals surface area (Å²) in [6.45, 7) is 0. The number of hydrogen-bond donors (Lipinski definition) is 0. The second-order valence-electron chi connectivity index (χ2n) is 4.05. The van der Waals surface area contributed by atoms with E-state index in [-0.39, 0.29) is 0 Å². The molecule has 0 atom stereocenters. The SMILES string of the molecule is COc1ccc(SC2CCCCC2)cc1. The summed E-state index contributed by atoms with van der Waals surface area (Å²) in [6.07, 6.45) is 7.02. The van der Waals surface area contributed by atoms with E-state index in [1.807, 2.05) is 23.9 Å². The standard InChI is InChI=1S/C13H18OS/c1-14-11-7-9-13(10-8-11)15-12-5-3-2-4-6-12/h7-10,12H,2-6H2,1H3. The van der Waals surface area contributed by atoms with E-state index in [4.69, 9.17) is 4.74 Å². The van der Waals surface area contributed by atoms with Crippen LogP contribution in [0.5, 0.6) is 5.75 Å². The quantitative estimate of drug-likeness (QED) is 0.761. The Bertz CT molecular complexity index is 288. The third-order valence-corrected chi connectivity index (χ3v) is 4.26. The molecule has 2 heteroatoms. The molecule has 82 valence electrons. The molecule has 1 fully saturated rings. The average Bonchev–Trinajstić information content (AvgIpc) is 2.31. The van der Waals surface area contributed by atoms with E-state index in [0.29, 0.717) is 0 Å². The van der Waals surface area contributed by atoms with Crippen molar-refractivity contribution in [2.75, 3.05) is 7.11 Å². The van der Waals surface area contributed by atoms with E-state index in [2.05, 4.69) is 12.1 Å². The van der Waals surface area contributed by atoms with Gasteiger partial charge in [-0.25, -0.2) is 0 Å². The number of rotatable bonds is 3. The van der Waals surface area contributed by atoms with Gasteiger partial charge in [-0.2, -0.15) is 0 Å². The molecule has 15 heavy (non-hydrogen) atoms. The van der Waals surface area contributed by atoms with Crippen LogP contribution in [0.1, 0.15) is 32.1 Å². The van der Waals surface area contributed by atoms with Crippen LogP contribution in [0, 0.1) is 0 Å². The predicted octanol–water partition coefficient (Wildman–Crippen LogP) is 4.12. The van der Waals surface area contributed by atoms with Crippen molar-refractivity contribution in [1.82, 2.24) is 0 Å². The molecule has 0 aliphatic heterocycles. The first-order valence-electron chi connectivity index (χ1n) is 5.69. The lowest BCUT2D eigenvalue weighted by Crippen LogP contribution is -2.07. The first-order chi connectivity index (χ1) is 7.38. The van der Waals surface area contributed by atoms with Crippen molar-refractivity contribution in [1.29, 1.82) is 0 Å². The molecule has 0 saturated heterocycles. The number of hydrogen-bond acceptors (Lipinski definition) is 2. The molecule has 0 bridgehead atoms. The van der Waals surface area contributed by atoms with Crippen molar-refractivity contribution in [2.45, 2.75) is 42.2 Å². The Balaban J connectivity index is 1.91. The van der Waals surface area contributed by atoms with Crippen LogP contribution in [-0.4, -0.2) is 12.4 Å². The first kappa shape index (κ1) is 10.9. The Morgan fingerprint density at radius 2 is 1.73 bits per heavy atom. The summed E-state index contributed by atoms with van der Waals surface area (Å²) in [7, 11) is 1.71. The van der Waals surface area contributed by atoms with Crippen LogP contribution in [0.25, 0.3) is 0 Å². The maximum Gasteiger partial charge on any atom is 0.118 e. The van der Waals surface area contributed by atoms with E-state index in [9.17, 15) is 0 Å². The Labute approximate surface area is 96.2 Å². The van der Waals surface area contributed by atoms with E-state index in [1.54, 1.807) is 7.11 Å². The molecule has 0 unspecified atom stereocenters. The van der Waals surface area contributed by atoms with Gasteiger partial charge in [-0.1, -0.05) is 19.3 Å². The van der Waals surface area contributed by atoms with Crippen molar-refractivity contribution < 1.29 is 4.74 Å². The van der Waals surface area contributed by atoms with E-state index >= 15 is 0 Å². The third-order valence-electron chi connectivity index (χ3n) is 2.91. The maximum atomic E-state index is 5.15. The van der Waals surface area contributed by atoms with E-state index in [1.165, 1.54) is 37.0 Å². The van der Waals surface area contributed by atoms with Crippen molar-refractivity contribution >= 4 is 11.8 Å². The second-order valence-corrected chi connectivity index (χ2v) is 5.43. The molecule has 0 amide bonds. The van der Waals surface area contributed by atoms with Gasteiger partial charge >= 0.3 is 0 Å². The van der Waals surface area contributed by atoms with Gasteiger partial charge in [0.05, 0.1) is 7.11 Å². The van der Waals surface area contributed by atoms with Crippen LogP contribution in [0.3, 0.4) is 0 Å². The van der Waals surface area contributed by atoms with Gasteiger partial charge in [-0.3, -0.25) is 0 Å². The van der Waals surface area contributed by atoms with Gasteiger partial charge in [0.1, 0.15) is 5.75 Å². The minimum atomic E-state index is 0.840. The van der Waals surface area contributed by atoms with Gasteiger partial charge in [0, 0.05) is 10.1 Å². The molecule has 0 radical (unpaired) electrons. The fourth-order valence-electron chi connectivity index (χ4n) is 2.03. The van der Waals surface area contributed by atoms with Crippen LogP contribution >= 0.6 is 11.8 Å². The maximum absolute atomic E-state index is 5.15. The highest BCUT2D eigenvalue weighted by molar-refractivity contribution is 8.00. The normalized spacial score (nSPS) is 17.7. The number of thioether (sulfide) groups is 1. The lowest BCUT2D eigenvalue weighted by molar-refractivity contribution is 0.414. The zero-order chi connectivity index (χ0) is 10.5. The lowest BCUT2D eigenvalue weighted by Gasteiger charge is -2.20. The summed E-state index contributed by atoms with van der Waals surface area (Å²) in [5.74, 6) is 0.947. The summed E-state index contributed by atoms with van der Waals surface area (Å²) in [4.78, 5) is 1.38.